The summed E-state index contributed by atoms with van der Waals surface area (Å²) in [6.45, 7) is 11.2. The lowest BCUT2D eigenvalue weighted by molar-refractivity contribution is 0.305. The predicted molar refractivity (Wildman–Crippen MR) is 85.0 cm³/mol. The summed E-state index contributed by atoms with van der Waals surface area (Å²) < 4.78 is 2.10. The fraction of sp³-hybridized carbons (Fsp3) is 0.500. The SMILES string of the molecule is CCC(C)(C)n1ccc(CC(C)(C)c2ccccc2)n1. The fourth-order valence-electron chi connectivity index (χ4n) is 2.40. The van der Waals surface area contributed by atoms with Crippen LogP contribution in [-0.2, 0) is 17.4 Å². The zero-order chi connectivity index (χ0) is 14.8. The van der Waals surface area contributed by atoms with Gasteiger partial charge in [0, 0.05) is 12.6 Å². The van der Waals surface area contributed by atoms with Gasteiger partial charge in [0.2, 0.25) is 0 Å². The third-order valence-corrected chi connectivity index (χ3v) is 4.31. The second kappa shape index (κ2) is 5.43. The molecular weight excluding hydrogens is 244 g/mol. The monoisotopic (exact) mass is 270 g/mol. The van der Waals surface area contributed by atoms with Gasteiger partial charge in [-0.05, 0) is 37.3 Å². The summed E-state index contributed by atoms with van der Waals surface area (Å²) in [7, 11) is 0. The van der Waals surface area contributed by atoms with Crippen molar-refractivity contribution in [2.75, 3.05) is 0 Å². The van der Waals surface area contributed by atoms with Crippen molar-refractivity contribution in [2.45, 2.75) is 58.4 Å². The van der Waals surface area contributed by atoms with Crippen LogP contribution in [-0.4, -0.2) is 9.78 Å². The molecule has 0 N–H and O–H groups in total. The van der Waals surface area contributed by atoms with Gasteiger partial charge in [0.05, 0.1) is 11.2 Å². The Morgan fingerprint density at radius 3 is 2.25 bits per heavy atom. The molecule has 0 saturated carbocycles. The van der Waals surface area contributed by atoms with Crippen LogP contribution in [0.5, 0.6) is 0 Å². The van der Waals surface area contributed by atoms with E-state index in [1.165, 1.54) is 11.3 Å². The first kappa shape index (κ1) is 14.8. The van der Waals surface area contributed by atoms with Crippen LogP contribution in [0.1, 0.15) is 52.3 Å². The van der Waals surface area contributed by atoms with E-state index in [0.717, 1.165) is 12.8 Å². The third-order valence-electron chi connectivity index (χ3n) is 4.31. The Balaban J connectivity index is 2.19. The highest BCUT2D eigenvalue weighted by Crippen LogP contribution is 2.27. The molecule has 20 heavy (non-hydrogen) atoms. The van der Waals surface area contributed by atoms with Gasteiger partial charge in [-0.15, -0.1) is 0 Å². The normalized spacial score (nSPS) is 12.7. The number of aromatic nitrogens is 2. The third kappa shape index (κ3) is 3.12. The fourth-order valence-corrected chi connectivity index (χ4v) is 2.40. The highest BCUT2D eigenvalue weighted by molar-refractivity contribution is 5.25. The molecule has 1 aromatic carbocycles. The Labute approximate surface area is 122 Å². The summed E-state index contributed by atoms with van der Waals surface area (Å²) in [5.74, 6) is 0. The van der Waals surface area contributed by atoms with E-state index in [1.807, 2.05) is 0 Å². The quantitative estimate of drug-likeness (QED) is 0.779. The van der Waals surface area contributed by atoms with Gasteiger partial charge in [-0.25, -0.2) is 0 Å². The Bertz CT molecular complexity index is 550. The first-order chi connectivity index (χ1) is 9.35. The summed E-state index contributed by atoms with van der Waals surface area (Å²) in [6, 6.07) is 12.8. The summed E-state index contributed by atoms with van der Waals surface area (Å²) in [4.78, 5) is 0. The topological polar surface area (TPSA) is 17.8 Å². The molecular formula is C18H26N2. The van der Waals surface area contributed by atoms with Crippen LogP contribution in [0.15, 0.2) is 42.6 Å². The average Bonchev–Trinajstić information content (AvgIpc) is 2.88. The Morgan fingerprint density at radius 2 is 1.65 bits per heavy atom. The summed E-state index contributed by atoms with van der Waals surface area (Å²) >= 11 is 0. The molecule has 0 aliphatic heterocycles. The van der Waals surface area contributed by atoms with Gasteiger partial charge in [-0.3, -0.25) is 4.68 Å². The highest BCUT2D eigenvalue weighted by atomic mass is 15.3. The minimum absolute atomic E-state index is 0.0924. The van der Waals surface area contributed by atoms with Gasteiger partial charge < -0.3 is 0 Å². The van der Waals surface area contributed by atoms with Crippen molar-refractivity contribution in [2.24, 2.45) is 0 Å². The van der Waals surface area contributed by atoms with Gasteiger partial charge in [0.1, 0.15) is 0 Å². The molecule has 0 atom stereocenters. The lowest BCUT2D eigenvalue weighted by Crippen LogP contribution is -2.26. The maximum Gasteiger partial charge on any atom is 0.0633 e. The van der Waals surface area contributed by atoms with Crippen LogP contribution in [0, 0.1) is 0 Å². The minimum atomic E-state index is 0.0924. The first-order valence-corrected chi connectivity index (χ1v) is 7.46. The Hall–Kier alpha value is -1.57. The molecule has 0 bridgehead atoms. The van der Waals surface area contributed by atoms with Crippen LogP contribution in [0.2, 0.25) is 0 Å². The van der Waals surface area contributed by atoms with Gasteiger partial charge in [0.25, 0.3) is 0 Å². The van der Waals surface area contributed by atoms with Crippen LogP contribution >= 0.6 is 0 Å². The molecule has 0 fully saturated rings. The highest BCUT2D eigenvalue weighted by Gasteiger charge is 2.24. The molecule has 0 unspecified atom stereocenters. The van der Waals surface area contributed by atoms with Crippen molar-refractivity contribution < 1.29 is 0 Å². The molecule has 2 aromatic rings. The summed E-state index contributed by atoms with van der Waals surface area (Å²) in [6.07, 6.45) is 4.15. The summed E-state index contributed by atoms with van der Waals surface area (Å²) in [5.41, 5.74) is 2.73. The second-order valence-corrected chi connectivity index (χ2v) is 6.84. The Kier molecular flexibility index (Phi) is 4.03. The maximum absolute atomic E-state index is 4.78. The number of rotatable bonds is 5. The van der Waals surface area contributed by atoms with Crippen molar-refractivity contribution in [3.8, 4) is 0 Å². The average molecular weight is 270 g/mol. The molecule has 1 heterocycles. The van der Waals surface area contributed by atoms with Crippen LogP contribution < -0.4 is 0 Å². The van der Waals surface area contributed by atoms with Crippen molar-refractivity contribution >= 4 is 0 Å². The molecule has 108 valence electrons. The van der Waals surface area contributed by atoms with Gasteiger partial charge in [-0.2, -0.15) is 5.10 Å². The number of benzene rings is 1. The van der Waals surface area contributed by atoms with E-state index in [-0.39, 0.29) is 11.0 Å². The van der Waals surface area contributed by atoms with Crippen molar-refractivity contribution in [1.82, 2.24) is 9.78 Å². The first-order valence-electron chi connectivity index (χ1n) is 7.46. The zero-order valence-corrected chi connectivity index (χ0v) is 13.4. The molecule has 0 amide bonds. The van der Waals surface area contributed by atoms with E-state index in [0.29, 0.717) is 0 Å². The molecule has 0 saturated heterocycles. The molecule has 0 aliphatic carbocycles. The van der Waals surface area contributed by atoms with Crippen molar-refractivity contribution in [3.05, 3.63) is 53.9 Å². The molecule has 2 heteroatoms. The van der Waals surface area contributed by atoms with Crippen molar-refractivity contribution in [1.29, 1.82) is 0 Å². The second-order valence-electron chi connectivity index (χ2n) is 6.84. The van der Waals surface area contributed by atoms with E-state index < -0.39 is 0 Å². The number of hydrogen-bond acceptors (Lipinski definition) is 1. The zero-order valence-electron chi connectivity index (χ0n) is 13.4. The molecule has 0 aliphatic rings. The van der Waals surface area contributed by atoms with Gasteiger partial charge >= 0.3 is 0 Å². The molecule has 0 spiro atoms. The van der Waals surface area contributed by atoms with Gasteiger partial charge in [-0.1, -0.05) is 51.1 Å². The van der Waals surface area contributed by atoms with Crippen LogP contribution in [0.3, 0.4) is 0 Å². The largest absolute Gasteiger partial charge is 0.267 e. The lowest BCUT2D eigenvalue weighted by atomic mass is 9.81. The van der Waals surface area contributed by atoms with Crippen LogP contribution in [0.25, 0.3) is 0 Å². The maximum atomic E-state index is 4.78. The molecule has 2 rings (SSSR count). The standard InChI is InChI=1S/C18H26N2/c1-6-18(4,5)20-13-12-16(19-20)14-17(2,3)15-10-8-7-9-11-15/h7-13H,6,14H2,1-5H3. The molecule has 1 aromatic heterocycles. The predicted octanol–water partition coefficient (Wildman–Crippen LogP) is 4.55. The number of hydrogen-bond donors (Lipinski definition) is 0. The van der Waals surface area contributed by atoms with E-state index in [9.17, 15) is 0 Å². The molecule has 2 nitrogen and oxygen atoms in total. The Morgan fingerprint density at radius 1 is 1.00 bits per heavy atom. The smallest absolute Gasteiger partial charge is 0.0633 e. The van der Waals surface area contributed by atoms with E-state index in [2.05, 4.69) is 81.9 Å². The lowest BCUT2D eigenvalue weighted by Gasteiger charge is -2.25. The van der Waals surface area contributed by atoms with Gasteiger partial charge in [0.15, 0.2) is 0 Å². The van der Waals surface area contributed by atoms with Crippen LogP contribution in [0.4, 0.5) is 0 Å². The minimum Gasteiger partial charge on any atom is -0.267 e. The summed E-state index contributed by atoms with van der Waals surface area (Å²) in [5, 5.41) is 4.78. The van der Waals surface area contributed by atoms with E-state index >= 15 is 0 Å². The van der Waals surface area contributed by atoms with E-state index in [1.54, 1.807) is 0 Å². The van der Waals surface area contributed by atoms with E-state index in [4.69, 9.17) is 5.10 Å². The van der Waals surface area contributed by atoms with Crippen molar-refractivity contribution in [3.63, 3.8) is 0 Å². The number of nitrogens with zero attached hydrogens (tertiary/aromatic N) is 2. The molecule has 0 radical (unpaired) electrons.